The van der Waals surface area contributed by atoms with E-state index < -0.39 is 0 Å². The predicted molar refractivity (Wildman–Crippen MR) is 115 cm³/mol. The molecular weight excluding hydrogens is 360 g/mol. The molecule has 5 rings (SSSR count). The van der Waals surface area contributed by atoms with Crippen molar-refractivity contribution in [2.45, 2.75) is 59.7 Å². The smallest absolute Gasteiger partial charge is 0.131 e. The van der Waals surface area contributed by atoms with Crippen LogP contribution in [-0.4, -0.2) is 13.2 Å². The average Bonchev–Trinajstić information content (AvgIpc) is 2.64. The second-order valence-electron chi connectivity index (χ2n) is 10.8. The zero-order valence-corrected chi connectivity index (χ0v) is 18.4. The first-order valence-corrected chi connectivity index (χ1v) is 10.9. The van der Waals surface area contributed by atoms with E-state index in [9.17, 15) is 0 Å². The van der Waals surface area contributed by atoms with E-state index in [1.807, 2.05) is 0 Å². The molecule has 2 aromatic carbocycles. The van der Waals surface area contributed by atoms with Gasteiger partial charge in [-0.2, -0.15) is 0 Å². The second kappa shape index (κ2) is 6.33. The largest absolute Gasteiger partial charge is 0.457 e. The average molecular weight is 393 g/mol. The Morgan fingerprint density at radius 3 is 1.52 bits per heavy atom. The van der Waals surface area contributed by atoms with Gasteiger partial charge in [-0.15, -0.1) is 0 Å². The molecule has 2 saturated heterocycles. The number of rotatable bonds is 3. The molecule has 0 aromatic heterocycles. The van der Waals surface area contributed by atoms with Crippen LogP contribution in [-0.2, 0) is 9.47 Å². The van der Waals surface area contributed by atoms with Crippen molar-refractivity contribution in [2.75, 3.05) is 13.2 Å². The van der Waals surface area contributed by atoms with Crippen LogP contribution in [0.2, 0.25) is 0 Å². The molecule has 2 atom stereocenters. The summed E-state index contributed by atoms with van der Waals surface area (Å²) in [5, 5.41) is 0. The lowest BCUT2D eigenvalue weighted by Gasteiger charge is -2.45. The van der Waals surface area contributed by atoms with E-state index in [0.29, 0.717) is 11.8 Å². The number of fused-ring (bicyclic) bond motifs is 2. The predicted octanol–water partition coefficient (Wildman–Crippen LogP) is 6.78. The van der Waals surface area contributed by atoms with E-state index in [4.69, 9.17) is 14.2 Å². The van der Waals surface area contributed by atoms with Crippen molar-refractivity contribution in [3.63, 3.8) is 0 Å². The molecule has 0 saturated carbocycles. The number of ether oxygens (including phenoxy) is 3. The summed E-state index contributed by atoms with van der Waals surface area (Å²) < 4.78 is 18.2. The van der Waals surface area contributed by atoms with E-state index in [-0.39, 0.29) is 23.0 Å². The molecule has 2 fully saturated rings. The SMILES string of the molecule is CC(C)C1c2cc(C3OCC3(C)C)ccc2Oc2ccc(C3OCC3(C)C)cc21. The summed E-state index contributed by atoms with van der Waals surface area (Å²) in [7, 11) is 0. The maximum atomic E-state index is 6.35. The Balaban J connectivity index is 1.56. The molecule has 29 heavy (non-hydrogen) atoms. The summed E-state index contributed by atoms with van der Waals surface area (Å²) in [6.45, 7) is 15.4. The van der Waals surface area contributed by atoms with Gasteiger partial charge in [0, 0.05) is 27.9 Å². The fourth-order valence-electron chi connectivity index (χ4n) is 5.23. The van der Waals surface area contributed by atoms with Crippen molar-refractivity contribution in [3.05, 3.63) is 58.7 Å². The van der Waals surface area contributed by atoms with Crippen molar-refractivity contribution in [1.29, 1.82) is 0 Å². The van der Waals surface area contributed by atoms with Crippen molar-refractivity contribution in [2.24, 2.45) is 16.7 Å². The summed E-state index contributed by atoms with van der Waals surface area (Å²) in [4.78, 5) is 0. The maximum Gasteiger partial charge on any atom is 0.131 e. The summed E-state index contributed by atoms with van der Waals surface area (Å²) >= 11 is 0. The Hall–Kier alpha value is -1.84. The van der Waals surface area contributed by atoms with Gasteiger partial charge in [0.1, 0.15) is 11.5 Å². The molecule has 3 nitrogen and oxygen atoms in total. The van der Waals surface area contributed by atoms with Crippen LogP contribution in [0.25, 0.3) is 0 Å². The van der Waals surface area contributed by atoms with E-state index in [1.54, 1.807) is 0 Å². The molecule has 0 radical (unpaired) electrons. The minimum atomic E-state index is 0.164. The normalized spacial score (nSPS) is 28.6. The highest BCUT2D eigenvalue weighted by Crippen LogP contribution is 2.53. The van der Waals surface area contributed by atoms with Gasteiger partial charge in [-0.05, 0) is 41.3 Å². The maximum absolute atomic E-state index is 6.35. The standard InChI is InChI=1S/C26H32O3/c1-15(2)22-18-11-16(23-25(3,4)13-27-23)7-9-20(18)29-21-10-8-17(12-19(21)22)24-26(5,6)14-28-24/h7-12,15,22-24H,13-14H2,1-6H3. The van der Waals surface area contributed by atoms with Gasteiger partial charge in [0.15, 0.2) is 0 Å². The van der Waals surface area contributed by atoms with Crippen LogP contribution in [0.1, 0.15) is 81.9 Å². The van der Waals surface area contributed by atoms with Gasteiger partial charge in [-0.25, -0.2) is 0 Å². The summed E-state index contributed by atoms with van der Waals surface area (Å²) in [6.07, 6.45) is 0.329. The van der Waals surface area contributed by atoms with Crippen molar-refractivity contribution in [1.82, 2.24) is 0 Å². The molecule has 2 aromatic rings. The Kier molecular flexibility index (Phi) is 4.18. The first-order valence-electron chi connectivity index (χ1n) is 10.9. The van der Waals surface area contributed by atoms with Crippen LogP contribution < -0.4 is 4.74 Å². The van der Waals surface area contributed by atoms with Gasteiger partial charge >= 0.3 is 0 Å². The van der Waals surface area contributed by atoms with Crippen LogP contribution in [0.4, 0.5) is 0 Å². The molecule has 3 aliphatic heterocycles. The topological polar surface area (TPSA) is 27.7 Å². The van der Waals surface area contributed by atoms with E-state index >= 15 is 0 Å². The monoisotopic (exact) mass is 392 g/mol. The van der Waals surface area contributed by atoms with Crippen LogP contribution in [0.3, 0.4) is 0 Å². The molecule has 0 spiro atoms. The minimum absolute atomic E-state index is 0.164. The highest BCUT2D eigenvalue weighted by molar-refractivity contribution is 5.56. The Morgan fingerprint density at radius 2 is 1.21 bits per heavy atom. The molecule has 0 bridgehead atoms. The Morgan fingerprint density at radius 1 is 0.759 bits per heavy atom. The second-order valence-corrected chi connectivity index (χ2v) is 10.8. The number of hydrogen-bond acceptors (Lipinski definition) is 3. The number of hydrogen-bond donors (Lipinski definition) is 0. The molecule has 3 heteroatoms. The van der Waals surface area contributed by atoms with E-state index in [0.717, 1.165) is 24.7 Å². The van der Waals surface area contributed by atoms with Crippen molar-refractivity contribution >= 4 is 0 Å². The van der Waals surface area contributed by atoms with Crippen molar-refractivity contribution < 1.29 is 14.2 Å². The summed E-state index contributed by atoms with van der Waals surface area (Å²) in [5.41, 5.74) is 5.46. The van der Waals surface area contributed by atoms with Gasteiger partial charge in [-0.1, -0.05) is 53.7 Å². The third kappa shape index (κ3) is 2.93. The zero-order chi connectivity index (χ0) is 20.6. The molecule has 0 aliphatic carbocycles. The lowest BCUT2D eigenvalue weighted by molar-refractivity contribution is -0.172. The zero-order valence-electron chi connectivity index (χ0n) is 18.4. The molecule has 0 amide bonds. The minimum Gasteiger partial charge on any atom is -0.457 e. The van der Waals surface area contributed by atoms with E-state index in [2.05, 4.69) is 77.9 Å². The van der Waals surface area contributed by atoms with Gasteiger partial charge in [0.2, 0.25) is 0 Å². The van der Waals surface area contributed by atoms with Crippen LogP contribution in [0, 0.1) is 16.7 Å². The Labute approximate surface area is 174 Å². The lowest BCUT2D eigenvalue weighted by atomic mass is 9.74. The quantitative estimate of drug-likeness (QED) is 0.576. The third-order valence-electron chi connectivity index (χ3n) is 6.89. The molecular formula is C26H32O3. The highest BCUT2D eigenvalue weighted by atomic mass is 16.5. The highest BCUT2D eigenvalue weighted by Gasteiger charge is 2.43. The lowest BCUT2D eigenvalue weighted by Crippen LogP contribution is -2.40. The first-order chi connectivity index (χ1) is 13.7. The molecule has 3 heterocycles. The molecule has 3 aliphatic rings. The van der Waals surface area contributed by atoms with E-state index in [1.165, 1.54) is 22.3 Å². The summed E-state index contributed by atoms with van der Waals surface area (Å²) in [6, 6.07) is 13.3. The molecule has 0 N–H and O–H groups in total. The molecule has 154 valence electrons. The van der Waals surface area contributed by atoms with Crippen LogP contribution in [0.15, 0.2) is 36.4 Å². The van der Waals surface area contributed by atoms with Gasteiger partial charge in [0.25, 0.3) is 0 Å². The fraction of sp³-hybridized carbons (Fsp3) is 0.538. The van der Waals surface area contributed by atoms with Gasteiger partial charge < -0.3 is 14.2 Å². The fourth-order valence-corrected chi connectivity index (χ4v) is 5.23. The number of benzene rings is 2. The van der Waals surface area contributed by atoms with Crippen molar-refractivity contribution in [3.8, 4) is 11.5 Å². The molecule has 2 unspecified atom stereocenters. The summed E-state index contributed by atoms with van der Waals surface area (Å²) in [5.74, 6) is 2.72. The van der Waals surface area contributed by atoms with Gasteiger partial charge in [-0.3, -0.25) is 0 Å². The van der Waals surface area contributed by atoms with Gasteiger partial charge in [0.05, 0.1) is 25.4 Å². The third-order valence-corrected chi connectivity index (χ3v) is 6.89. The first kappa shape index (κ1) is 19.1. The van der Waals surface area contributed by atoms with Crippen LogP contribution in [0.5, 0.6) is 11.5 Å². The Bertz CT molecular complexity index is 883. The van der Waals surface area contributed by atoms with Crippen LogP contribution >= 0.6 is 0 Å².